The average molecular weight is 549 g/mol. The van der Waals surface area contributed by atoms with Gasteiger partial charge in [0, 0.05) is 36.3 Å². The van der Waals surface area contributed by atoms with E-state index in [1.54, 1.807) is 6.92 Å². The lowest BCUT2D eigenvalue weighted by Crippen LogP contribution is -2.35. The van der Waals surface area contributed by atoms with Crippen molar-refractivity contribution in [1.82, 2.24) is 10.2 Å². The number of allylic oxidation sites excluding steroid dienone is 1. The number of likely N-dealkylation sites (tertiary alicyclic amines) is 1. The van der Waals surface area contributed by atoms with Gasteiger partial charge in [-0.2, -0.15) is 0 Å². The first kappa shape index (κ1) is 27.6. The van der Waals surface area contributed by atoms with Gasteiger partial charge in [-0.15, -0.1) is 0 Å². The van der Waals surface area contributed by atoms with Crippen molar-refractivity contribution in [3.05, 3.63) is 88.5 Å². The monoisotopic (exact) mass is 548 g/mol. The van der Waals surface area contributed by atoms with Crippen LogP contribution in [-0.2, 0) is 0 Å². The molecule has 210 valence electrons. The molecule has 1 saturated heterocycles. The molecule has 2 N–H and O–H groups in total. The van der Waals surface area contributed by atoms with Crippen LogP contribution in [0.3, 0.4) is 0 Å². The molecule has 3 aromatic rings. The summed E-state index contributed by atoms with van der Waals surface area (Å²) in [6.45, 7) is 8.84. The molecule has 0 spiro atoms. The predicted molar refractivity (Wildman–Crippen MR) is 150 cm³/mol. The van der Waals surface area contributed by atoms with E-state index in [0.29, 0.717) is 35.5 Å². The van der Waals surface area contributed by atoms with Gasteiger partial charge < -0.3 is 19.9 Å². The molecular formula is C32H34F2N2O4. The van der Waals surface area contributed by atoms with Gasteiger partial charge in [-0.3, -0.25) is 9.69 Å². The Bertz CT molecular complexity index is 1450. The van der Waals surface area contributed by atoms with Crippen LogP contribution in [0.1, 0.15) is 60.3 Å². The van der Waals surface area contributed by atoms with Crippen molar-refractivity contribution in [2.75, 3.05) is 26.7 Å². The smallest absolute Gasteiger partial charge is 0.251 e. The van der Waals surface area contributed by atoms with Crippen LogP contribution < -0.4 is 14.8 Å². The van der Waals surface area contributed by atoms with Gasteiger partial charge in [-0.1, -0.05) is 25.1 Å². The third-order valence-electron chi connectivity index (χ3n) is 7.87. The Morgan fingerprint density at radius 3 is 2.58 bits per heavy atom. The summed E-state index contributed by atoms with van der Waals surface area (Å²) in [6.07, 6.45) is 0.438. The molecule has 6 nitrogen and oxygen atoms in total. The van der Waals surface area contributed by atoms with Crippen molar-refractivity contribution in [2.24, 2.45) is 5.92 Å². The number of nitrogens with zero attached hydrogens (tertiary/aromatic N) is 1. The first-order valence-electron chi connectivity index (χ1n) is 13.6. The van der Waals surface area contributed by atoms with Crippen LogP contribution in [0.5, 0.6) is 17.2 Å². The topological polar surface area (TPSA) is 71.0 Å². The second-order valence-corrected chi connectivity index (χ2v) is 10.7. The largest absolute Gasteiger partial charge is 0.505 e. The molecule has 8 heteroatoms. The second kappa shape index (κ2) is 11.3. The minimum Gasteiger partial charge on any atom is -0.505 e. The number of carbonyl (C=O) groups excluding carboxylic acids is 1. The standard InChI is InChI=1S/C32H34F2N2O4/c1-18-13-14-36(16-18)19(2)17-39-23-8-5-21(6-9-23)31-28(24-10-7-22(15-25(24)33)32(38)35-4)20(3)29-27(40-31)12-11-26(37)30(29)34/h5-12,15,18-19,31,37H,13-14,16-17H2,1-4H3,(H,35,38). The maximum absolute atomic E-state index is 15.5. The highest BCUT2D eigenvalue weighted by Crippen LogP contribution is 2.49. The van der Waals surface area contributed by atoms with Gasteiger partial charge in [0.2, 0.25) is 0 Å². The quantitative estimate of drug-likeness (QED) is 0.368. The second-order valence-electron chi connectivity index (χ2n) is 10.7. The highest BCUT2D eigenvalue weighted by atomic mass is 19.1. The maximum atomic E-state index is 15.5. The number of ether oxygens (including phenoxy) is 2. The van der Waals surface area contributed by atoms with E-state index >= 15 is 8.78 Å². The Balaban J connectivity index is 1.47. The molecule has 0 aliphatic carbocycles. The molecule has 0 radical (unpaired) electrons. The fourth-order valence-electron chi connectivity index (χ4n) is 5.54. The fourth-order valence-corrected chi connectivity index (χ4v) is 5.54. The van der Waals surface area contributed by atoms with Crippen LogP contribution in [0, 0.1) is 17.6 Å². The van der Waals surface area contributed by atoms with Crippen LogP contribution >= 0.6 is 0 Å². The van der Waals surface area contributed by atoms with Gasteiger partial charge in [0.1, 0.15) is 30.0 Å². The molecule has 1 amide bonds. The first-order chi connectivity index (χ1) is 19.2. The van der Waals surface area contributed by atoms with E-state index in [9.17, 15) is 9.90 Å². The summed E-state index contributed by atoms with van der Waals surface area (Å²) in [4.78, 5) is 14.5. The zero-order valence-electron chi connectivity index (χ0n) is 23.1. The molecule has 5 rings (SSSR count). The predicted octanol–water partition coefficient (Wildman–Crippen LogP) is 6.20. The molecule has 3 atom stereocenters. The van der Waals surface area contributed by atoms with Crippen molar-refractivity contribution in [2.45, 2.75) is 39.3 Å². The minimum absolute atomic E-state index is 0.0752. The summed E-state index contributed by atoms with van der Waals surface area (Å²) in [5.74, 6) is -0.754. The number of fused-ring (bicyclic) bond motifs is 1. The Morgan fingerprint density at radius 1 is 1.18 bits per heavy atom. The van der Waals surface area contributed by atoms with E-state index < -0.39 is 29.4 Å². The van der Waals surface area contributed by atoms with Crippen LogP contribution in [0.2, 0.25) is 0 Å². The number of nitrogens with one attached hydrogen (secondary N) is 1. The van der Waals surface area contributed by atoms with Gasteiger partial charge in [0.15, 0.2) is 11.6 Å². The van der Waals surface area contributed by atoms with E-state index in [4.69, 9.17) is 9.47 Å². The van der Waals surface area contributed by atoms with E-state index in [1.807, 2.05) is 24.3 Å². The molecule has 0 aromatic heterocycles. The van der Waals surface area contributed by atoms with E-state index in [0.717, 1.165) is 24.7 Å². The lowest BCUT2D eigenvalue weighted by atomic mass is 9.85. The lowest BCUT2D eigenvalue weighted by molar-refractivity contribution is 0.0962. The number of phenolic OH excluding ortho intramolecular Hbond substituents is 1. The van der Waals surface area contributed by atoms with Crippen LogP contribution in [0.4, 0.5) is 8.78 Å². The van der Waals surface area contributed by atoms with Gasteiger partial charge in [-0.05, 0) is 80.3 Å². The van der Waals surface area contributed by atoms with Crippen LogP contribution in [0.25, 0.3) is 11.1 Å². The molecule has 3 unspecified atom stereocenters. The summed E-state index contributed by atoms with van der Waals surface area (Å²) >= 11 is 0. The zero-order valence-corrected chi connectivity index (χ0v) is 23.1. The highest BCUT2D eigenvalue weighted by Gasteiger charge is 2.33. The summed E-state index contributed by atoms with van der Waals surface area (Å²) in [7, 11) is 1.47. The van der Waals surface area contributed by atoms with Crippen molar-refractivity contribution >= 4 is 17.1 Å². The Kier molecular flexibility index (Phi) is 7.81. The SMILES string of the molecule is CNC(=O)c1ccc(C2=C(C)c3c(ccc(O)c3F)OC2c2ccc(OCC(C)N3CCC(C)C3)cc2)c(F)c1. The molecule has 1 fully saturated rings. The van der Waals surface area contributed by atoms with Crippen LogP contribution in [-0.4, -0.2) is 48.7 Å². The number of phenols is 1. The van der Waals surface area contributed by atoms with Gasteiger partial charge >= 0.3 is 0 Å². The minimum atomic E-state index is -0.835. The van der Waals surface area contributed by atoms with Gasteiger partial charge in [-0.25, -0.2) is 8.78 Å². The van der Waals surface area contributed by atoms with E-state index in [1.165, 1.54) is 37.7 Å². The molecule has 0 saturated carbocycles. The summed E-state index contributed by atoms with van der Waals surface area (Å²) in [5.41, 5.74) is 1.98. The zero-order chi connectivity index (χ0) is 28.6. The number of amides is 1. The van der Waals surface area contributed by atoms with Gasteiger partial charge in [0.25, 0.3) is 5.91 Å². The third-order valence-corrected chi connectivity index (χ3v) is 7.87. The number of hydrogen-bond donors (Lipinski definition) is 2. The Hall–Kier alpha value is -3.91. The third kappa shape index (κ3) is 5.28. The Labute approximate surface area is 233 Å². The van der Waals surface area contributed by atoms with E-state index in [-0.39, 0.29) is 22.4 Å². The number of rotatable bonds is 7. The first-order valence-corrected chi connectivity index (χ1v) is 13.6. The fraction of sp³-hybridized carbons (Fsp3) is 0.344. The van der Waals surface area contributed by atoms with Gasteiger partial charge in [0.05, 0.1) is 5.56 Å². The van der Waals surface area contributed by atoms with E-state index in [2.05, 4.69) is 24.1 Å². The maximum Gasteiger partial charge on any atom is 0.251 e. The number of carbonyl (C=O) groups is 1. The molecule has 0 bridgehead atoms. The number of aromatic hydroxyl groups is 1. The normalized spacial score (nSPS) is 19.6. The highest BCUT2D eigenvalue weighted by molar-refractivity contribution is 5.98. The summed E-state index contributed by atoms with van der Waals surface area (Å²) in [6, 6.07) is 14.6. The molecule has 40 heavy (non-hydrogen) atoms. The van der Waals surface area contributed by atoms with Crippen LogP contribution in [0.15, 0.2) is 54.6 Å². The van der Waals surface area contributed by atoms with Crippen molar-refractivity contribution in [1.29, 1.82) is 0 Å². The summed E-state index contributed by atoms with van der Waals surface area (Å²) in [5, 5.41) is 12.5. The number of halogens is 2. The van der Waals surface area contributed by atoms with Crippen molar-refractivity contribution in [3.63, 3.8) is 0 Å². The molecule has 2 aliphatic rings. The molecule has 3 aromatic carbocycles. The number of hydrogen-bond acceptors (Lipinski definition) is 5. The lowest BCUT2D eigenvalue weighted by Gasteiger charge is -2.31. The molecule has 2 heterocycles. The summed E-state index contributed by atoms with van der Waals surface area (Å²) < 4.78 is 42.9. The number of benzene rings is 3. The van der Waals surface area contributed by atoms with Crippen molar-refractivity contribution < 1.29 is 28.2 Å². The molecular weight excluding hydrogens is 514 g/mol. The average Bonchev–Trinajstić information content (AvgIpc) is 3.40. The van der Waals surface area contributed by atoms with Crippen molar-refractivity contribution in [3.8, 4) is 17.2 Å². The Morgan fingerprint density at radius 2 is 1.93 bits per heavy atom. The molecule has 2 aliphatic heterocycles.